The largest absolute Gasteiger partial charge is 0.497 e. The SMILES string of the molecule is COC1=CCC=C(NC(=O)Nc2ccc(C)cc2)C=C1. The van der Waals surface area contributed by atoms with Gasteiger partial charge in [0.05, 0.1) is 7.11 Å². The third-order valence-corrected chi connectivity index (χ3v) is 2.89. The lowest BCUT2D eigenvalue weighted by molar-refractivity contribution is 0.254. The van der Waals surface area contributed by atoms with Gasteiger partial charge >= 0.3 is 6.03 Å². The summed E-state index contributed by atoms with van der Waals surface area (Å²) in [6, 6.07) is 7.39. The highest BCUT2D eigenvalue weighted by atomic mass is 16.5. The van der Waals surface area contributed by atoms with Crippen molar-refractivity contribution in [3.05, 3.63) is 65.6 Å². The van der Waals surface area contributed by atoms with Crippen molar-refractivity contribution in [2.75, 3.05) is 12.4 Å². The average molecular weight is 270 g/mol. The summed E-state index contributed by atoms with van der Waals surface area (Å²) in [6.07, 6.45) is 8.23. The van der Waals surface area contributed by atoms with Gasteiger partial charge in [0.2, 0.25) is 0 Å². The summed E-state index contributed by atoms with van der Waals surface area (Å²) in [7, 11) is 1.62. The van der Waals surface area contributed by atoms with E-state index in [2.05, 4.69) is 10.6 Å². The van der Waals surface area contributed by atoms with Crippen molar-refractivity contribution < 1.29 is 9.53 Å². The number of nitrogens with one attached hydrogen (secondary N) is 2. The maximum Gasteiger partial charge on any atom is 0.323 e. The van der Waals surface area contributed by atoms with Crippen molar-refractivity contribution in [1.82, 2.24) is 5.32 Å². The molecule has 2 N–H and O–H groups in total. The molecule has 0 heterocycles. The highest BCUT2D eigenvalue weighted by Crippen LogP contribution is 2.11. The molecule has 0 bridgehead atoms. The van der Waals surface area contributed by atoms with E-state index >= 15 is 0 Å². The van der Waals surface area contributed by atoms with Crippen LogP contribution in [0.3, 0.4) is 0 Å². The number of benzene rings is 1. The number of ether oxygens (including phenoxy) is 1. The zero-order valence-electron chi connectivity index (χ0n) is 11.6. The molecule has 0 spiro atoms. The van der Waals surface area contributed by atoms with E-state index in [1.165, 1.54) is 0 Å². The molecular formula is C16H18N2O2. The molecular weight excluding hydrogens is 252 g/mol. The molecule has 0 aliphatic heterocycles. The molecule has 0 fully saturated rings. The fraction of sp³-hybridized carbons (Fsp3) is 0.188. The molecule has 4 nitrogen and oxygen atoms in total. The first-order chi connectivity index (χ1) is 9.67. The number of hydrogen-bond acceptors (Lipinski definition) is 2. The highest BCUT2D eigenvalue weighted by molar-refractivity contribution is 5.90. The van der Waals surface area contributed by atoms with E-state index in [1.807, 2.05) is 55.5 Å². The summed E-state index contributed by atoms with van der Waals surface area (Å²) in [6.45, 7) is 2.01. The monoisotopic (exact) mass is 270 g/mol. The fourth-order valence-corrected chi connectivity index (χ4v) is 1.78. The molecule has 104 valence electrons. The van der Waals surface area contributed by atoms with Crippen LogP contribution in [-0.4, -0.2) is 13.1 Å². The van der Waals surface area contributed by atoms with E-state index in [9.17, 15) is 4.79 Å². The molecule has 0 atom stereocenters. The summed E-state index contributed by atoms with van der Waals surface area (Å²) in [5.41, 5.74) is 2.67. The van der Waals surface area contributed by atoms with Crippen LogP contribution in [0.4, 0.5) is 10.5 Å². The number of carbonyl (C=O) groups excluding carboxylic acids is 1. The Hall–Kier alpha value is -2.49. The third-order valence-electron chi connectivity index (χ3n) is 2.89. The zero-order valence-corrected chi connectivity index (χ0v) is 11.6. The van der Waals surface area contributed by atoms with E-state index in [1.54, 1.807) is 7.11 Å². The second kappa shape index (κ2) is 6.61. The summed E-state index contributed by atoms with van der Waals surface area (Å²) in [4.78, 5) is 11.9. The second-order valence-corrected chi connectivity index (χ2v) is 4.48. The number of carbonyl (C=O) groups is 1. The smallest absolute Gasteiger partial charge is 0.323 e. The number of anilines is 1. The summed E-state index contributed by atoms with van der Waals surface area (Å²) >= 11 is 0. The molecule has 1 aromatic carbocycles. The second-order valence-electron chi connectivity index (χ2n) is 4.48. The van der Waals surface area contributed by atoms with Crippen LogP contribution in [0, 0.1) is 6.92 Å². The van der Waals surface area contributed by atoms with Crippen LogP contribution in [0.2, 0.25) is 0 Å². The first-order valence-electron chi connectivity index (χ1n) is 6.44. The van der Waals surface area contributed by atoms with Gasteiger partial charge < -0.3 is 15.4 Å². The van der Waals surface area contributed by atoms with Gasteiger partial charge in [0.25, 0.3) is 0 Å². The minimum atomic E-state index is -0.259. The standard InChI is InChI=1S/C16H18N2O2/c1-12-6-8-14(9-7-12)18-16(19)17-13-4-3-5-15(20-2)11-10-13/h4-11H,3H2,1-2H3,(H2,17,18,19). The highest BCUT2D eigenvalue weighted by Gasteiger charge is 2.04. The van der Waals surface area contributed by atoms with E-state index in [0.29, 0.717) is 0 Å². The van der Waals surface area contributed by atoms with E-state index < -0.39 is 0 Å². The van der Waals surface area contributed by atoms with Gasteiger partial charge in [-0.3, -0.25) is 0 Å². The lowest BCUT2D eigenvalue weighted by atomic mass is 10.2. The zero-order chi connectivity index (χ0) is 14.4. The van der Waals surface area contributed by atoms with Crippen molar-refractivity contribution in [3.8, 4) is 0 Å². The Morgan fingerprint density at radius 1 is 1.10 bits per heavy atom. The van der Waals surface area contributed by atoms with Crippen LogP contribution in [0.15, 0.2) is 60.0 Å². The van der Waals surface area contributed by atoms with Gasteiger partial charge in [-0.05, 0) is 43.7 Å². The minimum Gasteiger partial charge on any atom is -0.497 e. The molecule has 1 aromatic rings. The quantitative estimate of drug-likeness (QED) is 0.883. The molecule has 0 radical (unpaired) electrons. The Morgan fingerprint density at radius 2 is 1.85 bits per heavy atom. The number of amides is 2. The van der Waals surface area contributed by atoms with Crippen LogP contribution in [-0.2, 0) is 4.74 Å². The van der Waals surface area contributed by atoms with E-state index in [-0.39, 0.29) is 6.03 Å². The number of hydrogen-bond donors (Lipinski definition) is 2. The van der Waals surface area contributed by atoms with Crippen molar-refractivity contribution in [3.63, 3.8) is 0 Å². The Kier molecular flexibility index (Phi) is 4.60. The molecule has 0 unspecified atom stereocenters. The summed E-state index contributed by atoms with van der Waals surface area (Å²) in [5, 5.41) is 5.59. The molecule has 0 aromatic heterocycles. The van der Waals surface area contributed by atoms with Gasteiger partial charge in [0.15, 0.2) is 0 Å². The van der Waals surface area contributed by atoms with Crippen molar-refractivity contribution >= 4 is 11.7 Å². The number of urea groups is 1. The number of aryl methyl sites for hydroxylation is 1. The van der Waals surface area contributed by atoms with Crippen molar-refractivity contribution in [2.45, 2.75) is 13.3 Å². The maximum atomic E-state index is 11.9. The first kappa shape index (κ1) is 13.9. The average Bonchev–Trinajstić information content (AvgIpc) is 2.66. The Bertz CT molecular complexity index is 569. The summed E-state index contributed by atoms with van der Waals surface area (Å²) in [5.74, 6) is 0.789. The van der Waals surface area contributed by atoms with E-state index in [0.717, 1.165) is 29.1 Å². The molecule has 20 heavy (non-hydrogen) atoms. The van der Waals surface area contributed by atoms with Gasteiger partial charge in [-0.25, -0.2) is 4.79 Å². The minimum absolute atomic E-state index is 0.259. The summed E-state index contributed by atoms with van der Waals surface area (Å²) < 4.78 is 5.14. The molecule has 0 saturated heterocycles. The van der Waals surface area contributed by atoms with Gasteiger partial charge in [0.1, 0.15) is 5.76 Å². The number of rotatable bonds is 3. The first-order valence-corrected chi connectivity index (χ1v) is 6.44. The van der Waals surface area contributed by atoms with Crippen LogP contribution in [0.5, 0.6) is 0 Å². The molecule has 2 amide bonds. The Labute approximate surface area is 118 Å². The predicted molar refractivity (Wildman–Crippen MR) is 80.3 cm³/mol. The number of methoxy groups -OCH3 is 1. The van der Waals surface area contributed by atoms with Gasteiger partial charge in [-0.2, -0.15) is 0 Å². The van der Waals surface area contributed by atoms with Gasteiger partial charge in [-0.15, -0.1) is 0 Å². The van der Waals surface area contributed by atoms with Gasteiger partial charge in [0, 0.05) is 11.4 Å². The number of allylic oxidation sites excluding steroid dienone is 4. The maximum absolute atomic E-state index is 11.9. The van der Waals surface area contributed by atoms with Gasteiger partial charge in [-0.1, -0.05) is 23.8 Å². The van der Waals surface area contributed by atoms with Crippen molar-refractivity contribution in [1.29, 1.82) is 0 Å². The van der Waals surface area contributed by atoms with Crippen LogP contribution < -0.4 is 10.6 Å². The van der Waals surface area contributed by atoms with Crippen LogP contribution >= 0.6 is 0 Å². The van der Waals surface area contributed by atoms with E-state index in [4.69, 9.17) is 4.74 Å². The predicted octanol–water partition coefficient (Wildman–Crippen LogP) is 3.49. The molecule has 2 rings (SSSR count). The fourth-order valence-electron chi connectivity index (χ4n) is 1.78. The third kappa shape index (κ3) is 4.02. The lowest BCUT2D eigenvalue weighted by Crippen LogP contribution is -2.27. The lowest BCUT2D eigenvalue weighted by Gasteiger charge is -2.08. The normalized spacial score (nSPS) is 13.9. The van der Waals surface area contributed by atoms with Crippen LogP contribution in [0.25, 0.3) is 0 Å². The Balaban J connectivity index is 1.92. The molecule has 0 saturated carbocycles. The molecule has 1 aliphatic carbocycles. The molecule has 1 aliphatic rings. The Morgan fingerprint density at radius 3 is 2.55 bits per heavy atom. The van der Waals surface area contributed by atoms with Crippen LogP contribution in [0.1, 0.15) is 12.0 Å². The molecule has 4 heteroatoms. The topological polar surface area (TPSA) is 50.4 Å². The van der Waals surface area contributed by atoms with Crippen molar-refractivity contribution in [2.24, 2.45) is 0 Å².